The first kappa shape index (κ1) is 14.0. The first-order chi connectivity index (χ1) is 10.4. The number of allylic oxidation sites excluding steroid dienone is 2. The van der Waals surface area contributed by atoms with Crippen molar-refractivity contribution in [3.63, 3.8) is 0 Å². The minimum atomic E-state index is -1.05. The van der Waals surface area contributed by atoms with Crippen molar-refractivity contribution in [2.75, 3.05) is 0 Å². The van der Waals surface area contributed by atoms with Crippen molar-refractivity contribution >= 4 is 16.5 Å². The fraction of sp³-hybridized carbons (Fsp3) is 0.133. The van der Waals surface area contributed by atoms with Crippen LogP contribution in [0.25, 0.3) is 16.5 Å². The van der Waals surface area contributed by atoms with Gasteiger partial charge in [0.05, 0.1) is 0 Å². The molecular formula is C15H12O7. The lowest BCUT2D eigenvalue weighted by Gasteiger charge is -2.15. The zero-order chi connectivity index (χ0) is 16.0. The predicted octanol–water partition coefficient (Wildman–Crippen LogP) is 1.50. The summed E-state index contributed by atoms with van der Waals surface area (Å²) in [6, 6.07) is 2.08. The van der Waals surface area contributed by atoms with Gasteiger partial charge in [0.2, 0.25) is 11.2 Å². The SMILES string of the molecule is O=c1c(O)c(C2=CCC(O)C(O)=C2)oc2cc(O)cc(O)c12. The highest BCUT2D eigenvalue weighted by Crippen LogP contribution is 2.35. The van der Waals surface area contributed by atoms with Gasteiger partial charge in [-0.05, 0) is 12.5 Å². The summed E-state index contributed by atoms with van der Waals surface area (Å²) in [4.78, 5) is 12.2. The van der Waals surface area contributed by atoms with Crippen LogP contribution in [0.2, 0.25) is 0 Å². The topological polar surface area (TPSA) is 131 Å². The van der Waals surface area contributed by atoms with Crippen molar-refractivity contribution in [1.29, 1.82) is 0 Å². The van der Waals surface area contributed by atoms with E-state index >= 15 is 0 Å². The molecule has 7 nitrogen and oxygen atoms in total. The smallest absolute Gasteiger partial charge is 0.238 e. The van der Waals surface area contributed by atoms with Crippen LogP contribution in [0.4, 0.5) is 0 Å². The number of phenols is 2. The highest BCUT2D eigenvalue weighted by Gasteiger charge is 2.22. The van der Waals surface area contributed by atoms with Crippen molar-refractivity contribution in [3.05, 3.63) is 46.0 Å². The molecular weight excluding hydrogens is 292 g/mol. The van der Waals surface area contributed by atoms with Gasteiger partial charge in [-0.2, -0.15) is 0 Å². The van der Waals surface area contributed by atoms with Crippen LogP contribution in [0.1, 0.15) is 12.2 Å². The third-order valence-electron chi connectivity index (χ3n) is 3.40. The third kappa shape index (κ3) is 2.08. The normalized spacial score (nSPS) is 18.1. The fourth-order valence-corrected chi connectivity index (χ4v) is 2.30. The quantitative estimate of drug-likeness (QED) is 0.539. The van der Waals surface area contributed by atoms with E-state index in [1.165, 1.54) is 12.2 Å². The molecule has 0 saturated heterocycles. The first-order valence-corrected chi connectivity index (χ1v) is 6.39. The Balaban J connectivity index is 2.29. The molecule has 114 valence electrons. The summed E-state index contributed by atoms with van der Waals surface area (Å²) in [5.41, 5.74) is -0.772. The van der Waals surface area contributed by atoms with E-state index in [0.717, 1.165) is 12.1 Å². The summed E-state index contributed by atoms with van der Waals surface area (Å²) in [5.74, 6) is -2.10. The van der Waals surface area contributed by atoms with E-state index < -0.39 is 23.0 Å². The first-order valence-electron chi connectivity index (χ1n) is 6.39. The molecule has 0 amide bonds. The second kappa shape index (κ2) is 4.81. The number of aromatic hydroxyl groups is 3. The van der Waals surface area contributed by atoms with Gasteiger partial charge in [-0.1, -0.05) is 6.08 Å². The number of hydrogen-bond donors (Lipinski definition) is 5. The van der Waals surface area contributed by atoms with Gasteiger partial charge in [0.25, 0.3) is 0 Å². The van der Waals surface area contributed by atoms with E-state index in [0.29, 0.717) is 0 Å². The minimum Gasteiger partial charge on any atom is -0.510 e. The maximum Gasteiger partial charge on any atom is 0.238 e. The van der Waals surface area contributed by atoms with Gasteiger partial charge in [-0.25, -0.2) is 0 Å². The van der Waals surface area contributed by atoms with Crippen LogP contribution in [-0.4, -0.2) is 31.6 Å². The van der Waals surface area contributed by atoms with Gasteiger partial charge >= 0.3 is 0 Å². The van der Waals surface area contributed by atoms with Crippen LogP contribution in [0, 0.1) is 0 Å². The Bertz CT molecular complexity index is 889. The van der Waals surface area contributed by atoms with Gasteiger partial charge in [0.15, 0.2) is 5.76 Å². The Kier molecular flexibility index (Phi) is 3.07. The van der Waals surface area contributed by atoms with E-state index in [-0.39, 0.29) is 40.2 Å². The van der Waals surface area contributed by atoms with E-state index in [9.17, 15) is 30.3 Å². The largest absolute Gasteiger partial charge is 0.510 e. The van der Waals surface area contributed by atoms with Crippen LogP contribution in [0.3, 0.4) is 0 Å². The molecule has 1 atom stereocenters. The number of fused-ring (bicyclic) bond motifs is 1. The number of benzene rings is 1. The summed E-state index contributed by atoms with van der Waals surface area (Å²) in [6.45, 7) is 0. The lowest BCUT2D eigenvalue weighted by Crippen LogP contribution is -2.13. The lowest BCUT2D eigenvalue weighted by molar-refractivity contribution is 0.154. The van der Waals surface area contributed by atoms with E-state index in [2.05, 4.69) is 0 Å². The number of aliphatic hydroxyl groups is 2. The summed E-state index contributed by atoms with van der Waals surface area (Å²) < 4.78 is 5.38. The van der Waals surface area contributed by atoms with Crippen LogP contribution in [-0.2, 0) is 0 Å². The summed E-state index contributed by atoms with van der Waals surface area (Å²) >= 11 is 0. The van der Waals surface area contributed by atoms with Crippen molar-refractivity contribution in [2.24, 2.45) is 0 Å². The average Bonchev–Trinajstić information content (AvgIpc) is 2.45. The molecule has 1 aliphatic rings. The molecule has 2 aromatic rings. The molecule has 1 heterocycles. The van der Waals surface area contributed by atoms with Crippen LogP contribution < -0.4 is 5.43 Å². The zero-order valence-corrected chi connectivity index (χ0v) is 11.1. The summed E-state index contributed by atoms with van der Waals surface area (Å²) in [6.07, 6.45) is 1.69. The Morgan fingerprint density at radius 1 is 1.14 bits per heavy atom. The second-order valence-electron chi connectivity index (χ2n) is 4.93. The molecule has 1 aromatic heterocycles. The van der Waals surface area contributed by atoms with E-state index in [4.69, 9.17) is 4.42 Å². The molecule has 22 heavy (non-hydrogen) atoms. The van der Waals surface area contributed by atoms with E-state index in [1.54, 1.807) is 0 Å². The summed E-state index contributed by atoms with van der Waals surface area (Å²) in [5, 5.41) is 47.9. The van der Waals surface area contributed by atoms with Crippen LogP contribution in [0.5, 0.6) is 17.2 Å². The highest BCUT2D eigenvalue weighted by atomic mass is 16.4. The van der Waals surface area contributed by atoms with Crippen LogP contribution in [0.15, 0.2) is 39.3 Å². The van der Waals surface area contributed by atoms with Gasteiger partial charge in [-0.3, -0.25) is 4.79 Å². The molecule has 0 saturated carbocycles. The van der Waals surface area contributed by atoms with Gasteiger partial charge < -0.3 is 29.9 Å². The highest BCUT2D eigenvalue weighted by molar-refractivity contribution is 5.88. The van der Waals surface area contributed by atoms with Crippen molar-refractivity contribution in [2.45, 2.75) is 12.5 Å². The van der Waals surface area contributed by atoms with Gasteiger partial charge in [-0.15, -0.1) is 0 Å². The minimum absolute atomic E-state index is 0.0874. The van der Waals surface area contributed by atoms with Gasteiger partial charge in [0.1, 0.15) is 34.3 Å². The Hall–Kier alpha value is -2.93. The number of rotatable bonds is 1. The molecule has 1 aromatic carbocycles. The maximum atomic E-state index is 12.2. The molecule has 5 N–H and O–H groups in total. The molecule has 0 aliphatic heterocycles. The number of hydrogen-bond acceptors (Lipinski definition) is 7. The zero-order valence-electron chi connectivity index (χ0n) is 11.1. The van der Waals surface area contributed by atoms with Crippen molar-refractivity contribution in [3.8, 4) is 17.2 Å². The second-order valence-corrected chi connectivity index (χ2v) is 4.93. The predicted molar refractivity (Wildman–Crippen MR) is 76.8 cm³/mol. The molecule has 0 fully saturated rings. The molecule has 0 radical (unpaired) electrons. The third-order valence-corrected chi connectivity index (χ3v) is 3.40. The Morgan fingerprint density at radius 2 is 1.86 bits per heavy atom. The molecule has 0 bridgehead atoms. The van der Waals surface area contributed by atoms with Crippen LogP contribution >= 0.6 is 0 Å². The van der Waals surface area contributed by atoms with E-state index in [1.807, 2.05) is 0 Å². The molecule has 0 spiro atoms. The van der Waals surface area contributed by atoms with Gasteiger partial charge in [0, 0.05) is 17.7 Å². The molecule has 1 unspecified atom stereocenters. The maximum absolute atomic E-state index is 12.2. The Labute approximate surface area is 123 Å². The standard InChI is InChI=1S/C15H12O7/c16-7-4-10(19)12-11(5-7)22-15(14(21)13(12)20)6-1-2-8(17)9(18)3-6/h1,3-5,8,16-19,21H,2H2. The Morgan fingerprint density at radius 3 is 2.55 bits per heavy atom. The molecule has 3 rings (SSSR count). The van der Waals surface area contributed by atoms with Crippen molar-refractivity contribution in [1.82, 2.24) is 0 Å². The monoisotopic (exact) mass is 304 g/mol. The average molecular weight is 304 g/mol. The molecule has 7 heteroatoms. The molecule has 1 aliphatic carbocycles. The fourth-order valence-electron chi connectivity index (χ4n) is 2.30. The number of aliphatic hydroxyl groups excluding tert-OH is 2. The number of phenolic OH excluding ortho intramolecular Hbond substituents is 2. The lowest BCUT2D eigenvalue weighted by atomic mass is 10.00. The van der Waals surface area contributed by atoms with Crippen molar-refractivity contribution < 1.29 is 29.9 Å². The summed E-state index contributed by atoms with van der Waals surface area (Å²) in [7, 11) is 0.